The van der Waals surface area contributed by atoms with E-state index >= 15 is 0 Å². The Hall–Kier alpha value is -3.03. The fourth-order valence-electron chi connectivity index (χ4n) is 3.50. The third-order valence-corrected chi connectivity index (χ3v) is 8.02. The maximum atomic E-state index is 12.8. The molecule has 0 bridgehead atoms. The van der Waals surface area contributed by atoms with Crippen molar-refractivity contribution in [3.8, 4) is 11.3 Å². The van der Waals surface area contributed by atoms with E-state index in [2.05, 4.69) is 20.3 Å². The van der Waals surface area contributed by atoms with Crippen molar-refractivity contribution in [3.63, 3.8) is 0 Å². The van der Waals surface area contributed by atoms with Crippen molar-refractivity contribution >= 4 is 38.3 Å². The fraction of sp³-hybridized carbons (Fsp3) is 0.368. The van der Waals surface area contributed by atoms with Gasteiger partial charge in [-0.1, -0.05) is 0 Å². The van der Waals surface area contributed by atoms with Crippen LogP contribution in [-0.2, 0) is 21.9 Å². The number of carbonyl (C=O) groups is 2. The molecule has 4 N–H and O–H groups in total. The third kappa shape index (κ3) is 4.31. The van der Waals surface area contributed by atoms with Crippen LogP contribution < -0.4 is 11.1 Å². The highest BCUT2D eigenvalue weighted by Gasteiger charge is 2.33. The number of hydrogen-bond donors (Lipinski definition) is 3. The lowest BCUT2D eigenvalue weighted by molar-refractivity contribution is -0.120. The van der Waals surface area contributed by atoms with Gasteiger partial charge in [-0.3, -0.25) is 9.59 Å². The predicted octanol–water partition coefficient (Wildman–Crippen LogP) is 1.32. The van der Waals surface area contributed by atoms with Crippen molar-refractivity contribution in [3.05, 3.63) is 35.4 Å². The molecule has 0 spiro atoms. The SMILES string of the molecule is Cc1nc(S(=O)(=O)N2CCC(C(=O)Nc3nc(-c4c[nH]c(C(N)=O)c4)cs3)CC2)cn1C. The van der Waals surface area contributed by atoms with Crippen LogP contribution in [0.4, 0.5) is 5.13 Å². The van der Waals surface area contributed by atoms with Gasteiger partial charge >= 0.3 is 0 Å². The highest BCUT2D eigenvalue weighted by Crippen LogP contribution is 2.28. The highest BCUT2D eigenvalue weighted by molar-refractivity contribution is 7.89. The van der Waals surface area contributed by atoms with Crippen molar-refractivity contribution in [1.82, 2.24) is 23.8 Å². The lowest BCUT2D eigenvalue weighted by Crippen LogP contribution is -2.41. The minimum atomic E-state index is -3.68. The number of thiazole rings is 1. The first kappa shape index (κ1) is 22.2. The number of piperidine rings is 1. The topological polar surface area (TPSA) is 156 Å². The van der Waals surface area contributed by atoms with E-state index in [-0.39, 0.29) is 35.6 Å². The van der Waals surface area contributed by atoms with Crippen molar-refractivity contribution < 1.29 is 18.0 Å². The molecule has 1 saturated heterocycles. The van der Waals surface area contributed by atoms with Crippen LogP contribution in [0.1, 0.15) is 29.2 Å². The number of hydrogen-bond acceptors (Lipinski definition) is 7. The summed E-state index contributed by atoms with van der Waals surface area (Å²) in [7, 11) is -1.93. The molecule has 3 aromatic rings. The van der Waals surface area contributed by atoms with Crippen molar-refractivity contribution in [2.24, 2.45) is 18.7 Å². The summed E-state index contributed by atoms with van der Waals surface area (Å²) < 4.78 is 28.7. The Morgan fingerprint density at radius 2 is 2.00 bits per heavy atom. The van der Waals surface area contributed by atoms with Gasteiger partial charge in [0.1, 0.15) is 11.5 Å². The number of nitrogens with two attached hydrogens (primary N) is 1. The molecule has 1 aliphatic rings. The molecule has 170 valence electrons. The zero-order valence-electron chi connectivity index (χ0n) is 17.5. The van der Waals surface area contributed by atoms with Gasteiger partial charge in [0.2, 0.25) is 5.91 Å². The van der Waals surface area contributed by atoms with E-state index in [9.17, 15) is 18.0 Å². The normalized spacial score (nSPS) is 15.7. The third-order valence-electron chi connectivity index (χ3n) is 5.49. The van der Waals surface area contributed by atoms with Gasteiger partial charge in [0, 0.05) is 49.4 Å². The molecule has 1 aliphatic heterocycles. The van der Waals surface area contributed by atoms with Gasteiger partial charge in [-0.2, -0.15) is 4.31 Å². The summed E-state index contributed by atoms with van der Waals surface area (Å²) >= 11 is 1.27. The molecule has 32 heavy (non-hydrogen) atoms. The van der Waals surface area contributed by atoms with E-state index in [0.717, 1.165) is 0 Å². The minimum absolute atomic E-state index is 0.0277. The van der Waals surface area contributed by atoms with E-state index in [1.165, 1.54) is 21.8 Å². The lowest BCUT2D eigenvalue weighted by Gasteiger charge is -2.29. The quantitative estimate of drug-likeness (QED) is 0.486. The van der Waals surface area contributed by atoms with Gasteiger partial charge in [0.15, 0.2) is 10.2 Å². The zero-order chi connectivity index (χ0) is 23.0. The van der Waals surface area contributed by atoms with Gasteiger partial charge < -0.3 is 20.6 Å². The predicted molar refractivity (Wildman–Crippen MR) is 118 cm³/mol. The summed E-state index contributed by atoms with van der Waals surface area (Å²) in [6.07, 6.45) is 3.95. The summed E-state index contributed by atoms with van der Waals surface area (Å²) in [5.74, 6) is -0.450. The van der Waals surface area contributed by atoms with Crippen LogP contribution in [0.15, 0.2) is 28.9 Å². The molecule has 2 amide bonds. The Morgan fingerprint density at radius 3 is 2.59 bits per heavy atom. The molecule has 1 fully saturated rings. The van der Waals surface area contributed by atoms with Crippen LogP contribution >= 0.6 is 11.3 Å². The van der Waals surface area contributed by atoms with Crippen LogP contribution in [0.5, 0.6) is 0 Å². The number of amides is 2. The summed E-state index contributed by atoms with van der Waals surface area (Å²) in [5.41, 5.74) is 6.83. The van der Waals surface area contributed by atoms with Crippen LogP contribution in [0.3, 0.4) is 0 Å². The molecule has 0 atom stereocenters. The Bertz CT molecular complexity index is 1250. The number of anilines is 1. The number of primary amides is 1. The van der Waals surface area contributed by atoms with E-state index < -0.39 is 15.9 Å². The number of carbonyl (C=O) groups excluding carboxylic acids is 2. The number of H-pyrrole nitrogens is 1. The second-order valence-corrected chi connectivity index (χ2v) is 10.4. The second kappa shape index (κ2) is 8.48. The first-order chi connectivity index (χ1) is 15.1. The monoisotopic (exact) mass is 477 g/mol. The molecule has 3 aromatic heterocycles. The van der Waals surface area contributed by atoms with E-state index in [1.54, 1.807) is 36.2 Å². The summed E-state index contributed by atoms with van der Waals surface area (Å²) in [4.78, 5) is 35.2. The molecule has 4 rings (SSSR count). The number of nitrogens with one attached hydrogen (secondary N) is 2. The van der Waals surface area contributed by atoms with Gasteiger partial charge in [0.25, 0.3) is 15.9 Å². The van der Waals surface area contributed by atoms with Crippen LogP contribution in [0.25, 0.3) is 11.3 Å². The molecule has 0 aromatic carbocycles. The fourth-order valence-corrected chi connectivity index (χ4v) is 5.71. The molecule has 0 radical (unpaired) electrons. The van der Waals surface area contributed by atoms with Crippen molar-refractivity contribution in [2.45, 2.75) is 24.8 Å². The molecule has 0 aliphatic carbocycles. The summed E-state index contributed by atoms with van der Waals surface area (Å²) in [5, 5.41) is 5.05. The number of aromatic nitrogens is 4. The molecule has 4 heterocycles. The molecule has 0 unspecified atom stereocenters. The number of rotatable bonds is 6. The first-order valence-electron chi connectivity index (χ1n) is 9.90. The zero-order valence-corrected chi connectivity index (χ0v) is 19.2. The van der Waals surface area contributed by atoms with Gasteiger partial charge in [0.05, 0.1) is 5.69 Å². The Balaban J connectivity index is 1.36. The Labute approximate surface area is 188 Å². The Morgan fingerprint density at radius 1 is 1.28 bits per heavy atom. The standard InChI is InChI=1S/C19H23N7O4S2/c1-11-22-16(9-25(11)2)32(29,30)26-5-3-12(4-6-26)18(28)24-19-23-15(10-31-19)13-7-14(17(20)27)21-8-13/h7-10,12,21H,3-6H2,1-2H3,(H2,20,27)(H,23,24,28). The van der Waals surface area contributed by atoms with E-state index in [1.807, 2.05) is 0 Å². The van der Waals surface area contributed by atoms with Crippen molar-refractivity contribution in [2.75, 3.05) is 18.4 Å². The van der Waals surface area contributed by atoms with E-state index in [0.29, 0.717) is 35.1 Å². The summed E-state index contributed by atoms with van der Waals surface area (Å²) in [6, 6.07) is 1.60. The van der Waals surface area contributed by atoms with Gasteiger partial charge in [-0.25, -0.2) is 18.4 Å². The molecule has 11 nitrogen and oxygen atoms in total. The molecular formula is C19H23N7O4S2. The Kier molecular flexibility index (Phi) is 5.88. The maximum Gasteiger partial charge on any atom is 0.265 e. The van der Waals surface area contributed by atoms with Crippen LogP contribution in [0, 0.1) is 12.8 Å². The van der Waals surface area contributed by atoms with Crippen LogP contribution in [-0.4, -0.2) is 57.1 Å². The average molecular weight is 478 g/mol. The number of aryl methyl sites for hydroxylation is 2. The number of nitrogens with zero attached hydrogens (tertiary/aromatic N) is 4. The molecule has 13 heteroatoms. The van der Waals surface area contributed by atoms with E-state index in [4.69, 9.17) is 5.73 Å². The smallest absolute Gasteiger partial charge is 0.265 e. The first-order valence-corrected chi connectivity index (χ1v) is 12.2. The number of aromatic amines is 1. The number of imidazole rings is 1. The molecule has 0 saturated carbocycles. The lowest BCUT2D eigenvalue weighted by atomic mass is 9.97. The maximum absolute atomic E-state index is 12.8. The molecular weight excluding hydrogens is 454 g/mol. The number of sulfonamides is 1. The summed E-state index contributed by atoms with van der Waals surface area (Å²) in [6.45, 7) is 2.24. The minimum Gasteiger partial charge on any atom is -0.364 e. The largest absolute Gasteiger partial charge is 0.364 e. The van der Waals surface area contributed by atoms with Gasteiger partial charge in [-0.05, 0) is 25.8 Å². The van der Waals surface area contributed by atoms with Crippen LogP contribution in [0.2, 0.25) is 0 Å². The second-order valence-electron chi connectivity index (χ2n) is 7.61. The van der Waals surface area contributed by atoms with Crippen molar-refractivity contribution in [1.29, 1.82) is 0 Å². The highest BCUT2D eigenvalue weighted by atomic mass is 32.2. The average Bonchev–Trinajstić information content (AvgIpc) is 3.49. The van der Waals surface area contributed by atoms with Gasteiger partial charge in [-0.15, -0.1) is 11.3 Å².